The van der Waals surface area contributed by atoms with E-state index >= 15 is 0 Å². The minimum Gasteiger partial charge on any atom is -0.493 e. The molecule has 2 aliphatic heterocycles. The highest BCUT2D eigenvalue weighted by Crippen LogP contribution is 2.33. The van der Waals surface area contributed by atoms with Crippen LogP contribution in [-0.2, 0) is 9.47 Å². The highest BCUT2D eigenvalue weighted by molar-refractivity contribution is 5.55. The minimum atomic E-state index is 0.454. The van der Waals surface area contributed by atoms with Crippen LogP contribution in [0.25, 0.3) is 0 Å². The highest BCUT2D eigenvalue weighted by atomic mass is 16.6. The summed E-state index contributed by atoms with van der Waals surface area (Å²) in [7, 11) is 0. The number of rotatable bonds is 14. The minimum absolute atomic E-state index is 0.454. The summed E-state index contributed by atoms with van der Waals surface area (Å²) in [6.07, 6.45) is 7.27. The molecule has 2 aromatic carbocycles. The van der Waals surface area contributed by atoms with Crippen LogP contribution in [0.1, 0.15) is 44.1 Å². The lowest BCUT2D eigenvalue weighted by atomic mass is 10.2. The van der Waals surface area contributed by atoms with Gasteiger partial charge in [-0.25, -0.2) is 0 Å². The Kier molecular flexibility index (Phi) is 8.07. The molecule has 0 N–H and O–H groups in total. The topological polar surface area (TPSA) is 92.0 Å². The van der Waals surface area contributed by atoms with E-state index in [2.05, 4.69) is 16.3 Å². The number of benzene rings is 2. The zero-order valence-corrected chi connectivity index (χ0v) is 18.2. The van der Waals surface area contributed by atoms with Crippen molar-refractivity contribution in [1.82, 2.24) is 0 Å². The smallest absolute Gasteiger partial charge is 0.150 e. The fourth-order valence-electron chi connectivity index (χ4n) is 3.29. The van der Waals surface area contributed by atoms with E-state index in [0.29, 0.717) is 48.1 Å². The second-order valence-electron chi connectivity index (χ2n) is 8.09. The van der Waals surface area contributed by atoms with Gasteiger partial charge in [-0.3, -0.25) is 0 Å². The third-order valence-corrected chi connectivity index (χ3v) is 5.37. The molecule has 7 heteroatoms. The van der Waals surface area contributed by atoms with E-state index in [-0.39, 0.29) is 0 Å². The first-order valence-corrected chi connectivity index (χ1v) is 11.3. The Morgan fingerprint density at radius 3 is 2.12 bits per heavy atom. The predicted molar refractivity (Wildman–Crippen MR) is 120 cm³/mol. The zero-order chi connectivity index (χ0) is 22.0. The normalized spacial score (nSPS) is 19.0. The summed E-state index contributed by atoms with van der Waals surface area (Å²) in [5, 5.41) is 17.6. The van der Waals surface area contributed by atoms with Crippen molar-refractivity contribution in [3.63, 3.8) is 0 Å². The molecule has 0 aliphatic carbocycles. The van der Waals surface area contributed by atoms with Gasteiger partial charge in [0.25, 0.3) is 0 Å². The summed E-state index contributed by atoms with van der Waals surface area (Å²) in [4.78, 5) is 0. The third kappa shape index (κ3) is 7.63. The van der Waals surface area contributed by atoms with Crippen LogP contribution in [0, 0.1) is 11.3 Å². The molecule has 4 rings (SSSR count). The Bertz CT molecular complexity index is 931. The Hall–Kier alpha value is -2.95. The van der Waals surface area contributed by atoms with Crippen molar-refractivity contribution in [2.24, 2.45) is 10.2 Å². The Balaban J connectivity index is 1.34. The van der Waals surface area contributed by atoms with Gasteiger partial charge in [-0.15, -0.1) is 5.11 Å². The molecular weight excluding hydrogens is 406 g/mol. The Labute approximate surface area is 189 Å². The van der Waals surface area contributed by atoms with Crippen LogP contribution in [0.4, 0.5) is 11.4 Å². The van der Waals surface area contributed by atoms with E-state index in [1.54, 1.807) is 24.3 Å². The molecule has 0 bridgehead atoms. The average Bonchev–Trinajstić information content (AvgIpc) is 3.74. The molecule has 2 aromatic rings. The monoisotopic (exact) mass is 435 g/mol. The maximum absolute atomic E-state index is 8.93. The molecule has 0 radical (unpaired) electrons. The summed E-state index contributed by atoms with van der Waals surface area (Å²) < 4.78 is 22.5. The summed E-state index contributed by atoms with van der Waals surface area (Å²) >= 11 is 0. The lowest BCUT2D eigenvalue weighted by Gasteiger charge is -2.11. The van der Waals surface area contributed by atoms with Gasteiger partial charge in [-0.05, 0) is 74.9 Å². The van der Waals surface area contributed by atoms with Crippen LogP contribution in [0.2, 0.25) is 0 Å². The number of ether oxygens (including phenoxy) is 4. The van der Waals surface area contributed by atoms with Crippen molar-refractivity contribution in [3.8, 4) is 17.6 Å². The van der Waals surface area contributed by atoms with Crippen molar-refractivity contribution in [3.05, 3.63) is 48.0 Å². The van der Waals surface area contributed by atoms with E-state index in [1.165, 1.54) is 0 Å². The van der Waals surface area contributed by atoms with Gasteiger partial charge in [0, 0.05) is 6.07 Å². The number of azo groups is 1. The van der Waals surface area contributed by atoms with Gasteiger partial charge in [-0.2, -0.15) is 10.4 Å². The molecule has 2 fully saturated rings. The van der Waals surface area contributed by atoms with Gasteiger partial charge in [-0.1, -0.05) is 0 Å². The van der Waals surface area contributed by atoms with Crippen LogP contribution in [-0.4, -0.2) is 38.6 Å². The van der Waals surface area contributed by atoms with E-state index in [4.69, 9.17) is 24.2 Å². The van der Waals surface area contributed by atoms with Crippen LogP contribution < -0.4 is 9.47 Å². The average molecular weight is 436 g/mol. The van der Waals surface area contributed by atoms with Gasteiger partial charge in [0.1, 0.15) is 17.2 Å². The molecule has 0 aromatic heterocycles. The molecule has 2 heterocycles. The first-order valence-electron chi connectivity index (χ1n) is 11.3. The molecule has 0 saturated carbocycles. The molecule has 2 unspecified atom stereocenters. The molecule has 32 heavy (non-hydrogen) atoms. The van der Waals surface area contributed by atoms with Crippen LogP contribution in [0.15, 0.2) is 52.7 Å². The van der Waals surface area contributed by atoms with Crippen molar-refractivity contribution < 1.29 is 18.9 Å². The van der Waals surface area contributed by atoms with Gasteiger partial charge >= 0.3 is 0 Å². The van der Waals surface area contributed by atoms with Crippen molar-refractivity contribution in [2.45, 2.75) is 50.7 Å². The van der Waals surface area contributed by atoms with Gasteiger partial charge in [0.05, 0.1) is 56.0 Å². The number of hydrogen-bond donors (Lipinski definition) is 0. The molecule has 7 nitrogen and oxygen atoms in total. The van der Waals surface area contributed by atoms with Crippen LogP contribution >= 0.6 is 0 Å². The van der Waals surface area contributed by atoms with E-state index in [0.717, 1.165) is 57.5 Å². The standard InChI is InChI=1S/C25H29N3O4/c26-16-19-7-9-20(10-8-19)27-28-24-12-11-21(29-13-3-1-5-22-17-31-22)15-25(24)30-14-4-2-6-23-18-32-23/h7-12,15,22-23H,1-6,13-14,17-18H2. The van der Waals surface area contributed by atoms with Gasteiger partial charge in [0.2, 0.25) is 0 Å². The van der Waals surface area contributed by atoms with E-state index in [1.807, 2.05) is 18.2 Å². The van der Waals surface area contributed by atoms with E-state index < -0.39 is 0 Å². The summed E-state index contributed by atoms with van der Waals surface area (Å²) in [6, 6.07) is 14.7. The maximum atomic E-state index is 8.93. The quantitative estimate of drug-likeness (QED) is 0.210. The maximum Gasteiger partial charge on any atom is 0.150 e. The third-order valence-electron chi connectivity index (χ3n) is 5.37. The number of epoxide rings is 2. The molecule has 0 spiro atoms. The molecule has 168 valence electrons. The van der Waals surface area contributed by atoms with Gasteiger partial charge in [0.15, 0.2) is 0 Å². The summed E-state index contributed by atoms with van der Waals surface area (Å²) in [6.45, 7) is 3.08. The highest BCUT2D eigenvalue weighted by Gasteiger charge is 2.21. The second-order valence-corrected chi connectivity index (χ2v) is 8.09. The fraction of sp³-hybridized carbons (Fsp3) is 0.480. The molecule has 2 aliphatic rings. The number of nitriles is 1. The SMILES string of the molecule is N#Cc1ccc(N=Nc2ccc(OCCCCC3CO3)cc2OCCCCC2CO2)cc1. The zero-order valence-electron chi connectivity index (χ0n) is 18.2. The summed E-state index contributed by atoms with van der Waals surface area (Å²) in [5.41, 5.74) is 1.92. The number of nitrogens with zero attached hydrogens (tertiary/aromatic N) is 3. The van der Waals surface area contributed by atoms with Crippen LogP contribution in [0.3, 0.4) is 0 Å². The fourth-order valence-corrected chi connectivity index (χ4v) is 3.29. The number of unbranched alkanes of at least 4 members (excludes halogenated alkanes) is 2. The van der Waals surface area contributed by atoms with Crippen molar-refractivity contribution in [2.75, 3.05) is 26.4 Å². The molecule has 0 amide bonds. The van der Waals surface area contributed by atoms with Crippen LogP contribution in [0.5, 0.6) is 11.5 Å². The van der Waals surface area contributed by atoms with E-state index in [9.17, 15) is 0 Å². The van der Waals surface area contributed by atoms with Gasteiger partial charge < -0.3 is 18.9 Å². The largest absolute Gasteiger partial charge is 0.493 e. The Morgan fingerprint density at radius 1 is 0.844 bits per heavy atom. The predicted octanol–water partition coefficient (Wildman–Crippen LogP) is 5.87. The van der Waals surface area contributed by atoms with Crippen molar-refractivity contribution in [1.29, 1.82) is 5.26 Å². The Morgan fingerprint density at radius 2 is 1.50 bits per heavy atom. The first-order chi connectivity index (χ1) is 15.8. The van der Waals surface area contributed by atoms with Crippen molar-refractivity contribution >= 4 is 11.4 Å². The second kappa shape index (κ2) is 11.6. The molecule has 2 atom stereocenters. The number of hydrogen-bond acceptors (Lipinski definition) is 7. The lowest BCUT2D eigenvalue weighted by molar-refractivity contribution is 0.286. The molecular formula is C25H29N3O4. The first kappa shape index (κ1) is 22.3. The molecule has 2 saturated heterocycles. The summed E-state index contributed by atoms with van der Waals surface area (Å²) in [5.74, 6) is 1.43. The lowest BCUT2D eigenvalue weighted by Crippen LogP contribution is -2.01.